The van der Waals surface area contributed by atoms with Gasteiger partial charge in [-0.25, -0.2) is 26.8 Å². The van der Waals surface area contributed by atoms with Crippen molar-refractivity contribution < 1.29 is 26.4 Å². The fourth-order valence-corrected chi connectivity index (χ4v) is 10.9. The maximum Gasteiger partial charge on any atom is 0.243 e. The number of nitrogens with one attached hydrogen (secondary N) is 2. The zero-order chi connectivity index (χ0) is 37.8. The molecule has 2 fully saturated rings. The molecular weight excluding hydrogens is 753 g/mol. The minimum Gasteiger partial charge on any atom is -0.302 e. The van der Waals surface area contributed by atoms with E-state index in [4.69, 9.17) is 0 Å². The summed E-state index contributed by atoms with van der Waals surface area (Å²) in [6.45, 7) is 7.74. The molecule has 2 aliphatic rings. The molecule has 0 spiro atoms. The van der Waals surface area contributed by atoms with E-state index in [1.165, 1.54) is 27.0 Å². The number of hydrogen-bond acceptors (Lipinski definition) is 10. The lowest BCUT2D eigenvalue weighted by Gasteiger charge is -2.31. The van der Waals surface area contributed by atoms with E-state index in [0.717, 1.165) is 43.2 Å². The zero-order valence-electron chi connectivity index (χ0n) is 30.2. The summed E-state index contributed by atoms with van der Waals surface area (Å²) in [7, 11) is -7.18. The molecule has 2 amide bonds. The molecule has 4 heterocycles. The number of carbonyl (C=O) groups is 2. The predicted molar refractivity (Wildman–Crippen MR) is 210 cm³/mol. The Balaban J connectivity index is 0.948. The molecule has 0 bridgehead atoms. The van der Waals surface area contributed by atoms with Crippen molar-refractivity contribution in [3.05, 3.63) is 59.3 Å². The van der Waals surface area contributed by atoms with E-state index in [1.807, 2.05) is 17.7 Å². The van der Waals surface area contributed by atoms with Gasteiger partial charge in [0, 0.05) is 60.4 Å². The van der Waals surface area contributed by atoms with Crippen LogP contribution >= 0.6 is 22.7 Å². The molecule has 4 aromatic rings. The van der Waals surface area contributed by atoms with Gasteiger partial charge in [0.05, 0.1) is 21.2 Å². The molecular formula is C37H46N6O6S4. The summed E-state index contributed by atoms with van der Waals surface area (Å²) in [5, 5.41) is 10.3. The molecule has 284 valence electrons. The van der Waals surface area contributed by atoms with Crippen LogP contribution in [0.25, 0.3) is 22.5 Å². The molecule has 6 rings (SSSR count). The van der Waals surface area contributed by atoms with Crippen molar-refractivity contribution in [1.29, 1.82) is 0 Å². The molecule has 0 aliphatic carbocycles. The molecule has 2 N–H and O–H groups in total. The van der Waals surface area contributed by atoms with Gasteiger partial charge in [-0.1, -0.05) is 45.0 Å². The van der Waals surface area contributed by atoms with Gasteiger partial charge in [-0.2, -0.15) is 8.61 Å². The van der Waals surface area contributed by atoms with Crippen LogP contribution in [-0.4, -0.2) is 73.4 Å². The fraction of sp³-hybridized carbons (Fsp3) is 0.459. The molecule has 2 aromatic heterocycles. The number of benzene rings is 2. The van der Waals surface area contributed by atoms with Crippen LogP contribution in [0.15, 0.2) is 69.1 Å². The number of sulfonamides is 2. The number of carbonyl (C=O) groups excluding carboxylic acids is 2. The second-order valence-electron chi connectivity index (χ2n) is 13.9. The van der Waals surface area contributed by atoms with Gasteiger partial charge >= 0.3 is 0 Å². The summed E-state index contributed by atoms with van der Waals surface area (Å²) in [5.41, 5.74) is 2.88. The molecule has 1 unspecified atom stereocenters. The van der Waals surface area contributed by atoms with Gasteiger partial charge in [-0.3, -0.25) is 9.59 Å². The molecule has 12 nitrogen and oxygen atoms in total. The Morgan fingerprint density at radius 2 is 1.21 bits per heavy atom. The van der Waals surface area contributed by atoms with E-state index in [2.05, 4.69) is 27.5 Å². The van der Waals surface area contributed by atoms with E-state index in [1.54, 1.807) is 59.8 Å². The van der Waals surface area contributed by atoms with Gasteiger partial charge in [0.1, 0.15) is 0 Å². The van der Waals surface area contributed by atoms with E-state index in [0.29, 0.717) is 72.5 Å². The smallest absolute Gasteiger partial charge is 0.243 e. The van der Waals surface area contributed by atoms with Crippen molar-refractivity contribution in [2.45, 2.75) is 75.5 Å². The summed E-state index contributed by atoms with van der Waals surface area (Å²) >= 11 is 2.65. The number of nitrogens with zero attached hydrogens (tertiary/aromatic N) is 4. The lowest BCUT2D eigenvalue weighted by molar-refractivity contribution is -0.119. The standard InChI is InChI=1S/C37H46N6O6S4/c1-4-34(44)40-36-38-32(23-50-36)28-7-13-31(14-8-28)53(48,49)43-21-17-27(18-22-43)6-5-26(3)35(45)41-37-39-33(24-51-37)29-9-11-30(12-10-29)52(46,47)42-19-15-25(2)16-20-42/h7-14,23-27H,4-6,15-22H2,1-3H3,(H,38,40,44)(H,39,41,45). The largest absolute Gasteiger partial charge is 0.302 e. The van der Waals surface area contributed by atoms with Crippen molar-refractivity contribution in [2.75, 3.05) is 36.8 Å². The molecule has 53 heavy (non-hydrogen) atoms. The SMILES string of the molecule is CCC(=O)Nc1nc(-c2ccc(S(=O)(=O)N3CCC(CCC(C)C(=O)Nc4nc(-c5ccc(S(=O)(=O)N6CCC(C)CC6)cc5)cs4)CC3)cc2)cs1. The highest BCUT2D eigenvalue weighted by Crippen LogP contribution is 2.32. The highest BCUT2D eigenvalue weighted by Gasteiger charge is 2.31. The average Bonchev–Trinajstić information content (AvgIpc) is 3.84. The van der Waals surface area contributed by atoms with Crippen molar-refractivity contribution in [1.82, 2.24) is 18.6 Å². The minimum absolute atomic E-state index is 0.113. The Hall–Kier alpha value is -3.54. The normalized spacial score (nSPS) is 17.4. The van der Waals surface area contributed by atoms with Crippen LogP contribution in [-0.2, 0) is 29.6 Å². The van der Waals surface area contributed by atoms with Crippen molar-refractivity contribution in [3.8, 4) is 22.5 Å². The molecule has 2 saturated heterocycles. The van der Waals surface area contributed by atoms with E-state index in [-0.39, 0.29) is 27.5 Å². The topological polar surface area (TPSA) is 159 Å². The summed E-state index contributed by atoms with van der Waals surface area (Å²) in [5.74, 6) is 0.379. The second kappa shape index (κ2) is 16.9. The third-order valence-corrected chi connectivity index (χ3v) is 15.5. The van der Waals surface area contributed by atoms with Crippen LogP contribution in [0.5, 0.6) is 0 Å². The van der Waals surface area contributed by atoms with Crippen LogP contribution in [0.2, 0.25) is 0 Å². The monoisotopic (exact) mass is 798 g/mol. The molecule has 16 heteroatoms. The van der Waals surface area contributed by atoms with Crippen LogP contribution < -0.4 is 10.6 Å². The third kappa shape index (κ3) is 9.41. The first-order valence-electron chi connectivity index (χ1n) is 18.1. The van der Waals surface area contributed by atoms with Crippen LogP contribution in [0.4, 0.5) is 10.3 Å². The molecule has 0 radical (unpaired) electrons. The number of anilines is 2. The number of thiazole rings is 2. The number of amides is 2. The van der Waals surface area contributed by atoms with Crippen molar-refractivity contribution in [2.24, 2.45) is 17.8 Å². The van der Waals surface area contributed by atoms with E-state index in [9.17, 15) is 26.4 Å². The van der Waals surface area contributed by atoms with Crippen molar-refractivity contribution >= 4 is 64.8 Å². The zero-order valence-corrected chi connectivity index (χ0v) is 33.4. The first-order chi connectivity index (χ1) is 25.3. The lowest BCUT2D eigenvalue weighted by atomic mass is 9.90. The Labute approximate surface area is 320 Å². The predicted octanol–water partition coefficient (Wildman–Crippen LogP) is 7.16. The molecule has 0 saturated carbocycles. The van der Waals surface area contributed by atoms with Gasteiger partial charge in [-0.05, 0) is 74.6 Å². The quantitative estimate of drug-likeness (QED) is 0.144. The first kappa shape index (κ1) is 39.2. The number of rotatable bonds is 13. The average molecular weight is 799 g/mol. The minimum atomic E-state index is -3.65. The Morgan fingerprint density at radius 1 is 0.755 bits per heavy atom. The number of aromatic nitrogens is 2. The molecule has 1 atom stereocenters. The second-order valence-corrected chi connectivity index (χ2v) is 19.5. The summed E-state index contributed by atoms with van der Waals surface area (Å²) < 4.78 is 56.1. The van der Waals surface area contributed by atoms with Crippen LogP contribution in [0.1, 0.15) is 65.7 Å². The maximum absolute atomic E-state index is 13.4. The molecule has 2 aromatic carbocycles. The number of piperidine rings is 2. The van der Waals surface area contributed by atoms with Gasteiger partial charge in [0.15, 0.2) is 10.3 Å². The van der Waals surface area contributed by atoms with Gasteiger partial charge in [0.25, 0.3) is 0 Å². The van der Waals surface area contributed by atoms with Crippen LogP contribution in [0.3, 0.4) is 0 Å². The Morgan fingerprint density at radius 3 is 1.68 bits per heavy atom. The summed E-state index contributed by atoms with van der Waals surface area (Å²) in [4.78, 5) is 34.2. The van der Waals surface area contributed by atoms with Gasteiger partial charge in [0.2, 0.25) is 31.9 Å². The van der Waals surface area contributed by atoms with E-state index >= 15 is 0 Å². The van der Waals surface area contributed by atoms with Gasteiger partial charge in [-0.15, -0.1) is 22.7 Å². The Kier molecular flexibility index (Phi) is 12.5. The third-order valence-electron chi connectivity index (χ3n) is 10.2. The lowest BCUT2D eigenvalue weighted by Crippen LogP contribution is -2.38. The maximum atomic E-state index is 13.4. The summed E-state index contributed by atoms with van der Waals surface area (Å²) in [6.07, 6.45) is 5.05. The molecule has 2 aliphatic heterocycles. The highest BCUT2D eigenvalue weighted by molar-refractivity contribution is 7.89. The number of hydrogen-bond donors (Lipinski definition) is 2. The van der Waals surface area contributed by atoms with Gasteiger partial charge < -0.3 is 10.6 Å². The van der Waals surface area contributed by atoms with Crippen LogP contribution in [0, 0.1) is 17.8 Å². The first-order valence-corrected chi connectivity index (χ1v) is 22.7. The fourth-order valence-electron chi connectivity index (χ4n) is 6.54. The van der Waals surface area contributed by atoms with Crippen molar-refractivity contribution in [3.63, 3.8) is 0 Å². The highest BCUT2D eigenvalue weighted by atomic mass is 32.2. The Bertz CT molecular complexity index is 2100. The van der Waals surface area contributed by atoms with E-state index < -0.39 is 20.0 Å². The summed E-state index contributed by atoms with van der Waals surface area (Å²) in [6, 6.07) is 13.4.